The van der Waals surface area contributed by atoms with E-state index in [2.05, 4.69) is 5.32 Å². The molecule has 7 heteroatoms. The number of primary amides is 1. The average molecular weight is 405 g/mol. The lowest BCUT2D eigenvalue weighted by molar-refractivity contribution is -0.930. The zero-order chi connectivity index (χ0) is 22.0. The minimum Gasteiger partial charge on any atom is -0.444 e. The largest absolute Gasteiger partial charge is 0.444 e. The molecular formula is C22H34N3O4+. The Morgan fingerprint density at radius 1 is 1.07 bits per heavy atom. The monoisotopic (exact) mass is 404 g/mol. The molecular weight excluding hydrogens is 370 g/mol. The predicted molar refractivity (Wildman–Crippen MR) is 111 cm³/mol. The van der Waals surface area contributed by atoms with Gasteiger partial charge in [-0.25, -0.2) is 14.1 Å². The van der Waals surface area contributed by atoms with Crippen LogP contribution in [-0.2, 0) is 14.3 Å². The highest BCUT2D eigenvalue weighted by molar-refractivity contribution is 5.84. The summed E-state index contributed by atoms with van der Waals surface area (Å²) in [5.74, 6) is -0.748. The molecule has 1 saturated heterocycles. The van der Waals surface area contributed by atoms with Crippen LogP contribution >= 0.6 is 0 Å². The summed E-state index contributed by atoms with van der Waals surface area (Å²) >= 11 is 0. The summed E-state index contributed by atoms with van der Waals surface area (Å²) in [5, 5.41) is 2.57. The summed E-state index contributed by atoms with van der Waals surface area (Å²) in [4.78, 5) is 38.2. The molecule has 7 nitrogen and oxygen atoms in total. The van der Waals surface area contributed by atoms with Crippen LogP contribution in [0, 0.1) is 0 Å². The lowest BCUT2D eigenvalue weighted by Crippen LogP contribution is -2.71. The van der Waals surface area contributed by atoms with Gasteiger partial charge in [0.1, 0.15) is 18.2 Å². The van der Waals surface area contributed by atoms with Crippen molar-refractivity contribution in [1.29, 1.82) is 0 Å². The highest BCUT2D eigenvalue weighted by Crippen LogP contribution is 2.49. The lowest BCUT2D eigenvalue weighted by Gasteiger charge is -2.50. The Kier molecular flexibility index (Phi) is 6.42. The van der Waals surface area contributed by atoms with E-state index >= 15 is 0 Å². The zero-order valence-corrected chi connectivity index (χ0v) is 18.3. The number of ether oxygens (including phenoxy) is 1. The van der Waals surface area contributed by atoms with Crippen LogP contribution in [0.1, 0.15) is 66.0 Å². The van der Waals surface area contributed by atoms with Crippen LogP contribution < -0.4 is 11.1 Å². The molecule has 1 aromatic rings. The Balaban J connectivity index is 2.44. The third-order valence-corrected chi connectivity index (χ3v) is 5.52. The van der Waals surface area contributed by atoms with Crippen LogP contribution in [-0.4, -0.2) is 46.1 Å². The van der Waals surface area contributed by atoms with Gasteiger partial charge in [0.25, 0.3) is 5.91 Å². The first-order valence-corrected chi connectivity index (χ1v) is 10.0. The first kappa shape index (κ1) is 22.9. The molecule has 160 valence electrons. The van der Waals surface area contributed by atoms with Gasteiger partial charge < -0.3 is 15.8 Å². The van der Waals surface area contributed by atoms with Gasteiger partial charge in [0.15, 0.2) is 6.04 Å². The number of nitrogens with two attached hydrogens (primary N) is 1. The molecule has 0 spiro atoms. The smallest absolute Gasteiger partial charge is 0.408 e. The zero-order valence-electron chi connectivity index (χ0n) is 18.3. The molecule has 3 amide bonds. The van der Waals surface area contributed by atoms with E-state index in [1.807, 2.05) is 51.1 Å². The van der Waals surface area contributed by atoms with Crippen molar-refractivity contribution in [3.8, 4) is 0 Å². The summed E-state index contributed by atoms with van der Waals surface area (Å²) in [6.07, 6.45) is 0.515. The highest BCUT2D eigenvalue weighted by Gasteiger charge is 2.63. The van der Waals surface area contributed by atoms with Gasteiger partial charge in [0.2, 0.25) is 0 Å². The molecule has 3 atom stereocenters. The van der Waals surface area contributed by atoms with Gasteiger partial charge in [0, 0.05) is 18.4 Å². The molecule has 3 N–H and O–H groups in total. The topological polar surface area (TPSA) is 98.5 Å². The highest BCUT2D eigenvalue weighted by atomic mass is 16.6. The number of hydrogen-bond acceptors (Lipinski definition) is 4. The van der Waals surface area contributed by atoms with E-state index < -0.39 is 29.2 Å². The van der Waals surface area contributed by atoms with E-state index in [1.165, 1.54) is 0 Å². The molecule has 1 fully saturated rings. The average Bonchev–Trinajstić information content (AvgIpc) is 3.00. The van der Waals surface area contributed by atoms with Crippen LogP contribution in [0.2, 0.25) is 0 Å². The second-order valence-electron chi connectivity index (χ2n) is 9.62. The number of nitrogens with one attached hydrogen (secondary N) is 1. The third-order valence-electron chi connectivity index (χ3n) is 5.52. The Bertz CT molecular complexity index is 765. The number of amides is 3. The van der Waals surface area contributed by atoms with Crippen LogP contribution in [0.5, 0.6) is 0 Å². The van der Waals surface area contributed by atoms with Crippen LogP contribution in [0.15, 0.2) is 30.3 Å². The maximum Gasteiger partial charge on any atom is 0.408 e. The van der Waals surface area contributed by atoms with E-state index in [4.69, 9.17) is 10.5 Å². The van der Waals surface area contributed by atoms with Gasteiger partial charge in [-0.3, -0.25) is 4.79 Å². The van der Waals surface area contributed by atoms with Gasteiger partial charge in [-0.15, -0.1) is 0 Å². The Labute approximate surface area is 173 Å². The quantitative estimate of drug-likeness (QED) is 0.754. The van der Waals surface area contributed by atoms with Gasteiger partial charge >= 0.3 is 12.0 Å². The van der Waals surface area contributed by atoms with Crippen molar-refractivity contribution >= 4 is 17.9 Å². The minimum atomic E-state index is -0.667. The fourth-order valence-corrected chi connectivity index (χ4v) is 4.61. The van der Waals surface area contributed by atoms with Crippen molar-refractivity contribution < 1.29 is 23.6 Å². The van der Waals surface area contributed by atoms with E-state index in [9.17, 15) is 14.4 Å². The van der Waals surface area contributed by atoms with Gasteiger partial charge in [-0.05, 0) is 41.5 Å². The van der Waals surface area contributed by atoms with E-state index in [1.54, 1.807) is 20.8 Å². The number of alkyl carbamates (subject to hydrolysis) is 1. The number of hydrogen-bond donors (Lipinski definition) is 2. The van der Waals surface area contributed by atoms with Crippen LogP contribution in [0.4, 0.5) is 4.79 Å². The summed E-state index contributed by atoms with van der Waals surface area (Å²) in [7, 11) is 0. The second-order valence-corrected chi connectivity index (χ2v) is 9.62. The van der Waals surface area contributed by atoms with E-state index in [0.717, 1.165) is 5.56 Å². The number of likely N-dealkylation sites (tertiary alicyclic amines) is 1. The molecule has 0 radical (unpaired) electrons. The van der Waals surface area contributed by atoms with Crippen LogP contribution in [0.25, 0.3) is 0 Å². The molecule has 0 bridgehead atoms. The molecule has 1 heterocycles. The molecule has 29 heavy (non-hydrogen) atoms. The number of benzene rings is 1. The molecule has 0 aromatic heterocycles. The van der Waals surface area contributed by atoms with Crippen molar-refractivity contribution in [3.05, 3.63) is 35.9 Å². The van der Waals surface area contributed by atoms with Gasteiger partial charge in [-0.2, -0.15) is 0 Å². The third kappa shape index (κ3) is 4.61. The molecule has 2 rings (SSSR count). The van der Waals surface area contributed by atoms with E-state index in [-0.39, 0.29) is 23.0 Å². The maximum absolute atomic E-state index is 13.7. The Morgan fingerprint density at radius 2 is 1.66 bits per heavy atom. The predicted octanol–water partition coefficient (Wildman–Crippen LogP) is 3.04. The SMILES string of the molecule is CC(C)(C)OC(=O)NCC(=O)[N+]1(C(C)(C)C)C(c2ccccc2)CC[C@H]1C(N)=O. The first-order valence-electron chi connectivity index (χ1n) is 10.0. The molecule has 1 aliphatic heterocycles. The van der Waals surface area contributed by atoms with Crippen molar-refractivity contribution in [2.45, 2.75) is 77.6 Å². The summed E-state index contributed by atoms with van der Waals surface area (Å²) in [6, 6.07) is 8.83. The van der Waals surface area contributed by atoms with Crippen LogP contribution in [0.3, 0.4) is 0 Å². The number of carbonyl (C=O) groups is 3. The molecule has 0 saturated carbocycles. The van der Waals surface area contributed by atoms with E-state index in [0.29, 0.717) is 12.8 Å². The second kappa shape index (κ2) is 8.14. The molecule has 1 aliphatic rings. The number of rotatable bonds is 4. The molecule has 0 aliphatic carbocycles. The normalized spacial score (nSPS) is 24.8. The number of carbonyl (C=O) groups excluding carboxylic acids is 3. The number of nitrogens with zero attached hydrogens (tertiary/aromatic N) is 1. The van der Waals surface area contributed by atoms with Gasteiger partial charge in [-0.1, -0.05) is 30.3 Å². The fraction of sp³-hybridized carbons (Fsp3) is 0.591. The fourth-order valence-electron chi connectivity index (χ4n) is 4.61. The maximum atomic E-state index is 13.7. The van der Waals surface area contributed by atoms with Crippen molar-refractivity contribution in [3.63, 3.8) is 0 Å². The lowest BCUT2D eigenvalue weighted by atomic mass is 9.92. The van der Waals surface area contributed by atoms with Crippen molar-refractivity contribution in [1.82, 2.24) is 5.32 Å². The molecule has 1 aromatic carbocycles. The summed E-state index contributed by atoms with van der Waals surface area (Å²) in [6.45, 7) is 10.9. The number of quaternary nitrogens is 1. The van der Waals surface area contributed by atoms with Crippen molar-refractivity contribution in [2.24, 2.45) is 5.73 Å². The summed E-state index contributed by atoms with van der Waals surface area (Å²) in [5.41, 5.74) is 5.48. The Morgan fingerprint density at radius 3 is 2.14 bits per heavy atom. The minimum absolute atomic E-state index is 0.123. The summed E-state index contributed by atoms with van der Waals surface area (Å²) < 4.78 is 5.13. The van der Waals surface area contributed by atoms with Gasteiger partial charge in [0.05, 0.1) is 5.54 Å². The standard InChI is InChI=1S/C22H33N3O4/c1-21(2,3)25(18(26)14-24-20(28)29-22(4,5)6)16(12-13-17(25)19(23)27)15-10-8-7-9-11-15/h7-11,16-17H,12-14H2,1-6H3,(H2-,23,24,27,28)/p+1/t16?,17-,25?/m0/s1. The molecule has 2 unspecified atom stereocenters. The first-order chi connectivity index (χ1) is 13.3. The van der Waals surface area contributed by atoms with Crippen molar-refractivity contribution in [2.75, 3.05) is 6.54 Å². The Hall–Kier alpha value is -2.41.